The van der Waals surface area contributed by atoms with Gasteiger partial charge in [-0.05, 0) is 49.4 Å². The molecule has 1 aromatic carbocycles. The van der Waals surface area contributed by atoms with Crippen molar-refractivity contribution in [1.82, 2.24) is 9.55 Å². The van der Waals surface area contributed by atoms with Crippen LogP contribution >= 0.6 is 11.3 Å². The van der Waals surface area contributed by atoms with Crippen LogP contribution < -0.4 is 11.2 Å². The highest BCUT2D eigenvalue weighted by Gasteiger charge is 2.31. The zero-order valence-corrected chi connectivity index (χ0v) is 13.8. The van der Waals surface area contributed by atoms with Crippen molar-refractivity contribution >= 4 is 21.6 Å². The van der Waals surface area contributed by atoms with Gasteiger partial charge >= 0.3 is 11.9 Å². The Bertz CT molecular complexity index is 1090. The molecule has 0 fully saturated rings. The standard InChI is InChI=1S/C17H13F3N2O2S/c18-17(19,20)9-4-3-5-10(8-9)22-15(23)13-11-6-1-2-7-12(11)25-14(13)21-16(22)24/h3-5,8H,1-2,6-7H2,(H,21,24). The smallest absolute Gasteiger partial charge is 0.298 e. The molecule has 1 aliphatic rings. The Balaban J connectivity index is 2.00. The first-order valence-corrected chi connectivity index (χ1v) is 8.65. The van der Waals surface area contributed by atoms with E-state index in [0.29, 0.717) is 10.2 Å². The van der Waals surface area contributed by atoms with Gasteiger partial charge in [0.1, 0.15) is 4.83 Å². The second-order valence-corrected chi connectivity index (χ2v) is 7.14. The summed E-state index contributed by atoms with van der Waals surface area (Å²) in [7, 11) is 0. The summed E-state index contributed by atoms with van der Waals surface area (Å²) in [5.74, 6) is 0. The molecular formula is C17H13F3N2O2S. The molecule has 130 valence electrons. The number of benzene rings is 1. The van der Waals surface area contributed by atoms with Crippen molar-refractivity contribution in [3.05, 3.63) is 61.1 Å². The van der Waals surface area contributed by atoms with Crippen molar-refractivity contribution in [2.24, 2.45) is 0 Å². The summed E-state index contributed by atoms with van der Waals surface area (Å²) in [4.78, 5) is 29.5. The summed E-state index contributed by atoms with van der Waals surface area (Å²) in [5.41, 5.74) is -1.34. The van der Waals surface area contributed by atoms with E-state index in [9.17, 15) is 22.8 Å². The predicted octanol–water partition coefficient (Wildman–Crippen LogP) is 3.64. The van der Waals surface area contributed by atoms with Crippen LogP contribution in [0.5, 0.6) is 0 Å². The van der Waals surface area contributed by atoms with Crippen LogP contribution in [0.4, 0.5) is 13.2 Å². The lowest BCUT2D eigenvalue weighted by Gasteiger charge is -2.11. The normalized spacial score (nSPS) is 14.7. The highest BCUT2D eigenvalue weighted by molar-refractivity contribution is 7.18. The van der Waals surface area contributed by atoms with Crippen LogP contribution in [0.25, 0.3) is 15.9 Å². The summed E-state index contributed by atoms with van der Waals surface area (Å²) < 4.78 is 39.6. The van der Waals surface area contributed by atoms with Crippen LogP contribution in [0.2, 0.25) is 0 Å². The number of aromatic nitrogens is 2. The third-order valence-corrected chi connectivity index (χ3v) is 5.65. The number of aromatic amines is 1. The number of aryl methyl sites for hydroxylation is 2. The Kier molecular flexibility index (Phi) is 3.61. The summed E-state index contributed by atoms with van der Waals surface area (Å²) in [6, 6.07) is 4.25. The number of nitrogens with zero attached hydrogens (tertiary/aromatic N) is 1. The Labute approximate surface area is 143 Å². The summed E-state index contributed by atoms with van der Waals surface area (Å²) >= 11 is 1.39. The summed E-state index contributed by atoms with van der Waals surface area (Å²) in [5, 5.41) is 0.428. The number of hydrogen-bond acceptors (Lipinski definition) is 3. The maximum absolute atomic E-state index is 12.9. The van der Waals surface area contributed by atoms with Crippen LogP contribution in [-0.4, -0.2) is 9.55 Å². The quantitative estimate of drug-likeness (QED) is 0.715. The van der Waals surface area contributed by atoms with Crippen molar-refractivity contribution in [2.45, 2.75) is 31.9 Å². The van der Waals surface area contributed by atoms with Gasteiger partial charge in [0, 0.05) is 4.88 Å². The largest absolute Gasteiger partial charge is 0.416 e. The van der Waals surface area contributed by atoms with Gasteiger partial charge in [0.15, 0.2) is 0 Å². The molecule has 0 amide bonds. The van der Waals surface area contributed by atoms with Gasteiger partial charge in [-0.1, -0.05) is 6.07 Å². The predicted molar refractivity (Wildman–Crippen MR) is 89.7 cm³/mol. The Morgan fingerprint density at radius 3 is 2.64 bits per heavy atom. The fourth-order valence-corrected chi connectivity index (χ4v) is 4.56. The number of alkyl halides is 3. The maximum Gasteiger partial charge on any atom is 0.416 e. The van der Waals surface area contributed by atoms with Gasteiger partial charge in [-0.3, -0.25) is 9.78 Å². The molecule has 0 atom stereocenters. The lowest BCUT2D eigenvalue weighted by atomic mass is 9.97. The zero-order chi connectivity index (χ0) is 17.8. The van der Waals surface area contributed by atoms with Gasteiger partial charge in [0.2, 0.25) is 0 Å². The average molecular weight is 366 g/mol. The average Bonchev–Trinajstić information content (AvgIpc) is 2.92. The number of halogens is 3. The Morgan fingerprint density at radius 1 is 1.12 bits per heavy atom. The molecular weight excluding hydrogens is 353 g/mol. The maximum atomic E-state index is 12.9. The van der Waals surface area contributed by atoms with E-state index in [2.05, 4.69) is 4.98 Å². The SMILES string of the molecule is O=c1[nH]c2sc3c(c2c(=O)n1-c1cccc(C(F)(F)F)c1)CCCC3. The highest BCUT2D eigenvalue weighted by atomic mass is 32.1. The molecule has 0 saturated carbocycles. The molecule has 8 heteroatoms. The van der Waals surface area contributed by atoms with Crippen molar-refractivity contribution in [2.75, 3.05) is 0 Å². The molecule has 0 radical (unpaired) electrons. The fourth-order valence-electron chi connectivity index (χ4n) is 3.29. The van der Waals surface area contributed by atoms with Gasteiger partial charge in [0.25, 0.3) is 5.56 Å². The van der Waals surface area contributed by atoms with Crippen LogP contribution in [0.15, 0.2) is 33.9 Å². The molecule has 0 aliphatic heterocycles. The van der Waals surface area contributed by atoms with Gasteiger partial charge < -0.3 is 0 Å². The number of H-pyrrole nitrogens is 1. The molecule has 25 heavy (non-hydrogen) atoms. The Hall–Kier alpha value is -2.35. The van der Waals surface area contributed by atoms with E-state index >= 15 is 0 Å². The van der Waals surface area contributed by atoms with Gasteiger partial charge in [-0.2, -0.15) is 13.2 Å². The molecule has 4 rings (SSSR count). The summed E-state index contributed by atoms with van der Waals surface area (Å²) in [6.07, 6.45) is -0.941. The van der Waals surface area contributed by atoms with E-state index in [1.165, 1.54) is 23.5 Å². The molecule has 1 aliphatic carbocycles. The molecule has 1 N–H and O–H groups in total. The second kappa shape index (κ2) is 5.59. The lowest BCUT2D eigenvalue weighted by molar-refractivity contribution is -0.137. The zero-order valence-electron chi connectivity index (χ0n) is 12.9. The van der Waals surface area contributed by atoms with Crippen LogP contribution in [-0.2, 0) is 19.0 Å². The molecule has 2 heterocycles. The number of rotatable bonds is 1. The molecule has 0 spiro atoms. The van der Waals surface area contributed by atoms with Crippen molar-refractivity contribution in [3.8, 4) is 5.69 Å². The molecule has 0 bridgehead atoms. The van der Waals surface area contributed by atoms with Crippen molar-refractivity contribution < 1.29 is 13.2 Å². The number of hydrogen-bond donors (Lipinski definition) is 1. The van der Waals surface area contributed by atoms with Crippen molar-refractivity contribution in [1.29, 1.82) is 0 Å². The van der Waals surface area contributed by atoms with Gasteiger partial charge in [-0.25, -0.2) is 9.36 Å². The monoisotopic (exact) mass is 366 g/mol. The molecule has 3 aromatic rings. The van der Waals surface area contributed by atoms with E-state index in [-0.39, 0.29) is 5.69 Å². The van der Waals surface area contributed by atoms with E-state index < -0.39 is 23.0 Å². The number of fused-ring (bicyclic) bond motifs is 3. The minimum Gasteiger partial charge on any atom is -0.298 e. The van der Waals surface area contributed by atoms with Crippen LogP contribution in [0.1, 0.15) is 28.8 Å². The topological polar surface area (TPSA) is 54.9 Å². The first-order valence-electron chi connectivity index (χ1n) is 7.83. The van der Waals surface area contributed by atoms with E-state index in [1.807, 2.05) is 0 Å². The molecule has 4 nitrogen and oxygen atoms in total. The van der Waals surface area contributed by atoms with E-state index in [1.54, 1.807) is 0 Å². The molecule has 0 unspecified atom stereocenters. The number of nitrogens with one attached hydrogen (secondary N) is 1. The third kappa shape index (κ3) is 2.60. The van der Waals surface area contributed by atoms with E-state index in [4.69, 9.17) is 0 Å². The second-order valence-electron chi connectivity index (χ2n) is 6.03. The van der Waals surface area contributed by atoms with E-state index in [0.717, 1.165) is 52.8 Å². The minimum absolute atomic E-state index is 0.0845. The van der Waals surface area contributed by atoms with Gasteiger partial charge in [-0.15, -0.1) is 11.3 Å². The fraction of sp³-hybridized carbons (Fsp3) is 0.294. The first kappa shape index (κ1) is 16.1. The van der Waals surface area contributed by atoms with Crippen molar-refractivity contribution in [3.63, 3.8) is 0 Å². The van der Waals surface area contributed by atoms with Crippen LogP contribution in [0.3, 0.4) is 0 Å². The number of thiophene rings is 1. The first-order chi connectivity index (χ1) is 11.9. The molecule has 0 saturated heterocycles. The van der Waals surface area contributed by atoms with Crippen LogP contribution in [0, 0.1) is 0 Å². The Morgan fingerprint density at radius 2 is 1.88 bits per heavy atom. The third-order valence-electron chi connectivity index (χ3n) is 4.44. The lowest BCUT2D eigenvalue weighted by Crippen LogP contribution is -2.33. The molecule has 2 aromatic heterocycles. The summed E-state index contributed by atoms with van der Waals surface area (Å²) in [6.45, 7) is 0. The highest BCUT2D eigenvalue weighted by Crippen LogP contribution is 2.33. The van der Waals surface area contributed by atoms with Gasteiger partial charge in [0.05, 0.1) is 16.6 Å². The minimum atomic E-state index is -4.54.